The van der Waals surface area contributed by atoms with Crippen molar-refractivity contribution in [3.05, 3.63) is 34.2 Å². The van der Waals surface area contributed by atoms with Gasteiger partial charge in [-0.1, -0.05) is 12.1 Å². The number of nitrogens with one attached hydrogen (secondary N) is 1. The highest BCUT2D eigenvalue weighted by molar-refractivity contribution is 7.16. The van der Waals surface area contributed by atoms with E-state index in [0.717, 1.165) is 22.6 Å². The van der Waals surface area contributed by atoms with Gasteiger partial charge in [0.05, 0.1) is 5.69 Å². The number of carbonyl (C=O) groups is 1. The molecule has 1 aromatic heterocycles. The maximum Gasteiger partial charge on any atom is 0.246 e. The number of fused-ring (bicyclic) bond motifs is 1. The van der Waals surface area contributed by atoms with Crippen molar-refractivity contribution >= 4 is 22.4 Å². The summed E-state index contributed by atoms with van der Waals surface area (Å²) in [7, 11) is 0. The molecule has 2 heterocycles. The van der Waals surface area contributed by atoms with E-state index in [9.17, 15) is 4.79 Å². The molecule has 0 bridgehead atoms. The first-order chi connectivity index (χ1) is 12.0. The van der Waals surface area contributed by atoms with Crippen molar-refractivity contribution in [2.75, 3.05) is 18.5 Å². The van der Waals surface area contributed by atoms with Crippen LogP contribution in [0.1, 0.15) is 35.3 Å². The zero-order valence-electron chi connectivity index (χ0n) is 14.4. The summed E-state index contributed by atoms with van der Waals surface area (Å²) in [6.45, 7) is 3.10. The first-order valence-corrected chi connectivity index (χ1v) is 9.64. The Hall–Kier alpha value is -1.76. The van der Waals surface area contributed by atoms with Crippen molar-refractivity contribution in [3.63, 3.8) is 0 Å². The molecule has 1 aliphatic carbocycles. The van der Waals surface area contributed by atoms with Crippen molar-refractivity contribution in [2.45, 2.75) is 44.6 Å². The lowest BCUT2D eigenvalue weighted by Gasteiger charge is -2.31. The molecule has 1 fully saturated rings. The van der Waals surface area contributed by atoms with Crippen molar-refractivity contribution < 1.29 is 9.53 Å². The minimum absolute atomic E-state index is 0.162. The Labute approximate surface area is 151 Å². The number of anilines is 1. The molecule has 3 N–H and O–H groups in total. The largest absolute Gasteiger partial charge is 0.381 e. The number of benzene rings is 1. The van der Waals surface area contributed by atoms with Gasteiger partial charge < -0.3 is 15.8 Å². The molecule has 0 saturated carbocycles. The summed E-state index contributed by atoms with van der Waals surface area (Å²) in [5.41, 5.74) is 10.4. The molecule has 1 amide bonds. The van der Waals surface area contributed by atoms with Gasteiger partial charge in [-0.2, -0.15) is 0 Å². The second kappa shape index (κ2) is 6.52. The molecule has 0 spiro atoms. The molecule has 2 aliphatic rings. The van der Waals surface area contributed by atoms with Crippen LogP contribution in [0.25, 0.3) is 11.3 Å². The Morgan fingerprint density at radius 1 is 1.28 bits per heavy atom. The lowest BCUT2D eigenvalue weighted by atomic mass is 9.90. The Bertz CT molecular complexity index is 809. The number of thiazole rings is 1. The molecule has 0 radical (unpaired) electrons. The summed E-state index contributed by atoms with van der Waals surface area (Å²) < 4.78 is 5.31. The highest BCUT2D eigenvalue weighted by atomic mass is 32.1. The molecule has 5 nitrogen and oxygen atoms in total. The topological polar surface area (TPSA) is 77.2 Å². The monoisotopic (exact) mass is 357 g/mol. The Kier molecular flexibility index (Phi) is 4.35. The van der Waals surface area contributed by atoms with Crippen LogP contribution in [0.4, 0.5) is 5.13 Å². The molecule has 1 aromatic carbocycles. The Morgan fingerprint density at radius 3 is 2.84 bits per heavy atom. The molecule has 2 aromatic rings. The highest BCUT2D eigenvalue weighted by Crippen LogP contribution is 2.34. The van der Waals surface area contributed by atoms with Gasteiger partial charge in [-0.05, 0) is 56.2 Å². The number of hydrogen-bond acceptors (Lipinski definition) is 5. The highest BCUT2D eigenvalue weighted by Gasteiger charge is 2.36. The molecule has 1 aliphatic heterocycles. The number of carbonyl (C=O) groups excluding carboxylic acids is 1. The Balaban J connectivity index is 1.55. The third-order valence-corrected chi connectivity index (χ3v) is 6.11. The molecule has 0 unspecified atom stereocenters. The van der Waals surface area contributed by atoms with E-state index < -0.39 is 5.54 Å². The number of rotatable bonds is 3. The first kappa shape index (κ1) is 16.7. The minimum Gasteiger partial charge on any atom is -0.381 e. The molecule has 6 heteroatoms. The van der Waals surface area contributed by atoms with Crippen LogP contribution in [-0.4, -0.2) is 29.6 Å². The van der Waals surface area contributed by atoms with Gasteiger partial charge in [-0.15, -0.1) is 11.3 Å². The van der Waals surface area contributed by atoms with E-state index in [2.05, 4.69) is 28.5 Å². The molecule has 25 heavy (non-hydrogen) atoms. The number of amides is 1. The van der Waals surface area contributed by atoms with Gasteiger partial charge in [0, 0.05) is 23.7 Å². The molecular weight excluding hydrogens is 334 g/mol. The fraction of sp³-hybridized carbons (Fsp3) is 0.474. The lowest BCUT2D eigenvalue weighted by molar-refractivity contribution is -0.124. The van der Waals surface area contributed by atoms with E-state index in [0.29, 0.717) is 31.2 Å². The van der Waals surface area contributed by atoms with E-state index in [-0.39, 0.29) is 5.91 Å². The van der Waals surface area contributed by atoms with Crippen LogP contribution in [0, 0.1) is 6.92 Å². The zero-order chi connectivity index (χ0) is 17.4. The normalized spacial score (nSPS) is 18.8. The fourth-order valence-corrected chi connectivity index (χ4v) is 4.45. The van der Waals surface area contributed by atoms with Crippen LogP contribution >= 0.6 is 11.3 Å². The van der Waals surface area contributed by atoms with E-state index in [4.69, 9.17) is 10.5 Å². The average molecular weight is 357 g/mol. The van der Waals surface area contributed by atoms with Crippen molar-refractivity contribution in [1.82, 2.24) is 4.98 Å². The molecule has 4 rings (SSSR count). The van der Waals surface area contributed by atoms with Gasteiger partial charge in [0.2, 0.25) is 5.91 Å². The summed E-state index contributed by atoms with van der Waals surface area (Å²) in [5, 5.41) is 3.54. The minimum atomic E-state index is -0.856. The van der Waals surface area contributed by atoms with E-state index >= 15 is 0 Å². The number of aryl methyl sites for hydroxylation is 3. The predicted molar refractivity (Wildman–Crippen MR) is 99.9 cm³/mol. The molecule has 0 atom stereocenters. The van der Waals surface area contributed by atoms with Gasteiger partial charge in [-0.3, -0.25) is 4.79 Å². The summed E-state index contributed by atoms with van der Waals surface area (Å²) >= 11 is 1.50. The van der Waals surface area contributed by atoms with Crippen LogP contribution in [0.2, 0.25) is 0 Å². The SMILES string of the molecule is Cc1sc(NC(=O)C2(N)CCOCC2)nc1-c1ccc2c(c1)CCC2. The Morgan fingerprint density at radius 2 is 2.04 bits per heavy atom. The number of nitrogens with two attached hydrogens (primary N) is 1. The smallest absolute Gasteiger partial charge is 0.246 e. The van der Waals surface area contributed by atoms with Crippen LogP contribution in [-0.2, 0) is 22.4 Å². The van der Waals surface area contributed by atoms with Crippen LogP contribution in [0.5, 0.6) is 0 Å². The quantitative estimate of drug-likeness (QED) is 0.885. The number of hydrogen-bond donors (Lipinski definition) is 2. The zero-order valence-corrected chi connectivity index (χ0v) is 15.2. The van der Waals surface area contributed by atoms with Gasteiger partial charge in [0.15, 0.2) is 5.13 Å². The summed E-state index contributed by atoms with van der Waals surface area (Å²) in [6, 6.07) is 6.60. The van der Waals surface area contributed by atoms with Gasteiger partial charge in [0.1, 0.15) is 5.54 Å². The molecule has 132 valence electrons. The molecule has 1 saturated heterocycles. The maximum atomic E-state index is 12.6. The number of aromatic nitrogens is 1. The summed E-state index contributed by atoms with van der Waals surface area (Å²) in [4.78, 5) is 18.3. The van der Waals surface area contributed by atoms with Gasteiger partial charge in [0.25, 0.3) is 0 Å². The van der Waals surface area contributed by atoms with Crippen molar-refractivity contribution in [2.24, 2.45) is 5.73 Å². The fourth-order valence-electron chi connectivity index (χ4n) is 3.62. The number of ether oxygens (including phenoxy) is 1. The third kappa shape index (κ3) is 3.21. The standard InChI is InChI=1S/C19H23N3O2S/c1-12-16(15-6-5-13-3-2-4-14(13)11-15)21-18(25-12)22-17(23)19(20)7-9-24-10-8-19/h5-6,11H,2-4,7-10,20H2,1H3,(H,21,22,23). The predicted octanol–water partition coefficient (Wildman–Crippen LogP) is 3.05. The van der Waals surface area contributed by atoms with E-state index in [1.54, 1.807) is 0 Å². The lowest BCUT2D eigenvalue weighted by Crippen LogP contribution is -2.54. The van der Waals surface area contributed by atoms with Crippen molar-refractivity contribution in [1.29, 1.82) is 0 Å². The summed E-state index contributed by atoms with van der Waals surface area (Å²) in [5.74, 6) is -0.162. The van der Waals surface area contributed by atoms with Crippen LogP contribution in [0.15, 0.2) is 18.2 Å². The van der Waals surface area contributed by atoms with Gasteiger partial charge in [-0.25, -0.2) is 4.98 Å². The van der Waals surface area contributed by atoms with E-state index in [1.807, 2.05) is 6.92 Å². The first-order valence-electron chi connectivity index (χ1n) is 8.83. The third-order valence-electron chi connectivity index (χ3n) is 5.23. The second-order valence-corrected chi connectivity index (χ2v) is 8.19. The van der Waals surface area contributed by atoms with Gasteiger partial charge >= 0.3 is 0 Å². The summed E-state index contributed by atoms with van der Waals surface area (Å²) in [6.07, 6.45) is 4.64. The van der Waals surface area contributed by atoms with Crippen LogP contribution < -0.4 is 11.1 Å². The van der Waals surface area contributed by atoms with E-state index in [1.165, 1.54) is 35.3 Å². The van der Waals surface area contributed by atoms with Crippen molar-refractivity contribution in [3.8, 4) is 11.3 Å². The number of nitrogens with zero attached hydrogens (tertiary/aromatic N) is 1. The molecular formula is C19H23N3O2S. The maximum absolute atomic E-state index is 12.6. The average Bonchev–Trinajstić information content (AvgIpc) is 3.21. The van der Waals surface area contributed by atoms with Crippen LogP contribution in [0.3, 0.4) is 0 Å². The second-order valence-electron chi connectivity index (χ2n) is 6.98.